The SMILES string of the molecule is Cc1nc(-c2ccc(C(F)(F)F)cc2)sc1COc1ccc(CCC=O)c2c1CCN(C(=O)OC(C)(C)C)C2. The molecule has 1 amide bonds. The lowest BCUT2D eigenvalue weighted by Crippen LogP contribution is -2.40. The van der Waals surface area contributed by atoms with Crippen LogP contribution in [0.1, 0.15) is 60.0 Å². The van der Waals surface area contributed by atoms with Gasteiger partial charge in [-0.15, -0.1) is 11.3 Å². The summed E-state index contributed by atoms with van der Waals surface area (Å²) < 4.78 is 50.5. The molecule has 6 nitrogen and oxygen atoms in total. The molecule has 39 heavy (non-hydrogen) atoms. The number of carbonyl (C=O) groups is 2. The third kappa shape index (κ3) is 6.98. The van der Waals surface area contributed by atoms with E-state index in [1.165, 1.54) is 23.5 Å². The zero-order valence-electron chi connectivity index (χ0n) is 22.4. The van der Waals surface area contributed by atoms with Crippen molar-refractivity contribution in [1.29, 1.82) is 0 Å². The van der Waals surface area contributed by atoms with Crippen molar-refractivity contribution in [2.75, 3.05) is 6.54 Å². The van der Waals surface area contributed by atoms with Crippen LogP contribution in [0.15, 0.2) is 36.4 Å². The Labute approximate surface area is 229 Å². The number of hydrogen-bond donors (Lipinski definition) is 0. The van der Waals surface area contributed by atoms with Crippen LogP contribution in [0.2, 0.25) is 0 Å². The molecule has 0 atom stereocenters. The predicted octanol–water partition coefficient (Wildman–Crippen LogP) is 7.14. The minimum atomic E-state index is -4.39. The largest absolute Gasteiger partial charge is 0.488 e. The van der Waals surface area contributed by atoms with Gasteiger partial charge in [-0.3, -0.25) is 0 Å². The summed E-state index contributed by atoms with van der Waals surface area (Å²) in [7, 11) is 0. The minimum absolute atomic E-state index is 0.250. The molecule has 0 fully saturated rings. The highest BCUT2D eigenvalue weighted by molar-refractivity contribution is 7.15. The second-order valence-corrected chi connectivity index (χ2v) is 11.5. The molecule has 1 aliphatic rings. The van der Waals surface area contributed by atoms with Gasteiger partial charge in [0.05, 0.1) is 16.1 Å². The Balaban J connectivity index is 1.53. The van der Waals surface area contributed by atoms with Crippen molar-refractivity contribution in [2.45, 2.75) is 71.9 Å². The zero-order valence-corrected chi connectivity index (χ0v) is 23.2. The molecule has 0 saturated carbocycles. The number of halogens is 3. The van der Waals surface area contributed by atoms with Gasteiger partial charge in [-0.1, -0.05) is 18.2 Å². The molecule has 0 saturated heterocycles. The molecule has 1 aliphatic heterocycles. The molecule has 0 spiro atoms. The molecule has 10 heteroatoms. The number of benzene rings is 2. The Morgan fingerprint density at radius 3 is 2.46 bits per heavy atom. The highest BCUT2D eigenvalue weighted by atomic mass is 32.1. The predicted molar refractivity (Wildman–Crippen MR) is 143 cm³/mol. The fourth-order valence-electron chi connectivity index (χ4n) is 4.40. The summed E-state index contributed by atoms with van der Waals surface area (Å²) >= 11 is 1.38. The van der Waals surface area contributed by atoms with Crippen molar-refractivity contribution >= 4 is 23.7 Å². The zero-order chi connectivity index (χ0) is 28.4. The summed E-state index contributed by atoms with van der Waals surface area (Å²) in [5, 5.41) is 0.624. The van der Waals surface area contributed by atoms with E-state index in [1.54, 1.807) is 4.90 Å². The van der Waals surface area contributed by atoms with Crippen LogP contribution >= 0.6 is 11.3 Å². The molecule has 0 bridgehead atoms. The number of thiazole rings is 1. The number of nitrogens with zero attached hydrogens (tertiary/aromatic N) is 2. The quantitative estimate of drug-likeness (QED) is 0.287. The lowest BCUT2D eigenvalue weighted by atomic mass is 9.92. The molecule has 3 aromatic rings. The summed E-state index contributed by atoms with van der Waals surface area (Å²) in [6, 6.07) is 8.80. The molecule has 4 rings (SSSR count). The number of carbonyl (C=O) groups excluding carboxylic acids is 2. The standard InChI is InChI=1S/C29H31F3N2O4S/c1-18-25(39-26(33-18)20-7-10-21(11-8-20)29(30,31)32)17-37-24-12-9-19(6-5-15-35)23-16-34(14-13-22(23)24)27(36)38-28(2,3)4/h7-12,15H,5-6,13-14,16-17H2,1-4H3. The normalized spacial score (nSPS) is 13.7. The molecule has 0 N–H and O–H groups in total. The highest BCUT2D eigenvalue weighted by Gasteiger charge is 2.31. The molecule has 208 valence electrons. The maximum atomic E-state index is 12.9. The van der Waals surface area contributed by atoms with E-state index in [9.17, 15) is 22.8 Å². The Kier molecular flexibility index (Phi) is 8.34. The molecule has 0 radical (unpaired) electrons. The van der Waals surface area contributed by atoms with Gasteiger partial charge in [-0.25, -0.2) is 9.78 Å². The van der Waals surface area contributed by atoms with E-state index >= 15 is 0 Å². The van der Waals surface area contributed by atoms with Crippen molar-refractivity contribution in [2.24, 2.45) is 0 Å². The van der Waals surface area contributed by atoms with Crippen molar-refractivity contribution in [3.63, 3.8) is 0 Å². The number of fused-ring (bicyclic) bond motifs is 1. The fourth-order valence-corrected chi connectivity index (χ4v) is 5.39. The monoisotopic (exact) mass is 560 g/mol. The summed E-state index contributed by atoms with van der Waals surface area (Å²) in [5.74, 6) is 0.701. The molecular weight excluding hydrogens is 529 g/mol. The smallest absolute Gasteiger partial charge is 0.416 e. The van der Waals surface area contributed by atoms with Crippen LogP contribution < -0.4 is 4.74 Å². The fraction of sp³-hybridized carbons (Fsp3) is 0.414. The minimum Gasteiger partial charge on any atom is -0.488 e. The van der Waals surface area contributed by atoms with Gasteiger partial charge in [0.2, 0.25) is 0 Å². The van der Waals surface area contributed by atoms with Gasteiger partial charge in [-0.2, -0.15) is 13.2 Å². The first-order chi connectivity index (χ1) is 18.4. The summed E-state index contributed by atoms with van der Waals surface area (Å²) in [5.41, 5.74) is 3.03. The summed E-state index contributed by atoms with van der Waals surface area (Å²) in [6.45, 7) is 8.43. The number of amides is 1. The number of aldehydes is 1. The van der Waals surface area contributed by atoms with E-state index in [1.807, 2.05) is 39.8 Å². The van der Waals surface area contributed by atoms with Crippen molar-refractivity contribution in [1.82, 2.24) is 9.88 Å². The van der Waals surface area contributed by atoms with E-state index in [0.717, 1.165) is 45.7 Å². The van der Waals surface area contributed by atoms with E-state index in [4.69, 9.17) is 9.47 Å². The van der Waals surface area contributed by atoms with Gasteiger partial charge in [0.15, 0.2) is 0 Å². The van der Waals surface area contributed by atoms with Crippen LogP contribution in [-0.2, 0) is 41.7 Å². The van der Waals surface area contributed by atoms with Crippen molar-refractivity contribution in [3.05, 3.63) is 69.2 Å². The second kappa shape index (κ2) is 11.4. The summed E-state index contributed by atoms with van der Waals surface area (Å²) in [6.07, 6.45) is -2.35. The van der Waals surface area contributed by atoms with E-state index < -0.39 is 17.3 Å². The highest BCUT2D eigenvalue weighted by Crippen LogP contribution is 2.35. The Morgan fingerprint density at radius 1 is 1.10 bits per heavy atom. The van der Waals surface area contributed by atoms with Gasteiger partial charge in [0, 0.05) is 30.6 Å². The number of hydrogen-bond acceptors (Lipinski definition) is 6. The molecule has 1 aromatic heterocycles. The van der Waals surface area contributed by atoms with Crippen LogP contribution in [0.25, 0.3) is 10.6 Å². The number of aromatic nitrogens is 1. The lowest BCUT2D eigenvalue weighted by Gasteiger charge is -2.33. The number of aryl methyl sites for hydroxylation is 2. The van der Waals surface area contributed by atoms with Gasteiger partial charge in [-0.05, 0) is 69.9 Å². The summed E-state index contributed by atoms with van der Waals surface area (Å²) in [4.78, 5) is 30.8. The van der Waals surface area contributed by atoms with Gasteiger partial charge >= 0.3 is 12.3 Å². The van der Waals surface area contributed by atoms with E-state index in [0.29, 0.717) is 48.7 Å². The maximum Gasteiger partial charge on any atom is 0.416 e. The lowest BCUT2D eigenvalue weighted by molar-refractivity contribution is -0.137. The number of alkyl halides is 3. The van der Waals surface area contributed by atoms with Crippen LogP contribution in [0, 0.1) is 6.92 Å². The third-order valence-corrected chi connectivity index (χ3v) is 7.54. The molecule has 2 aromatic carbocycles. The Hall–Kier alpha value is -3.40. The van der Waals surface area contributed by atoms with Crippen LogP contribution in [0.5, 0.6) is 5.75 Å². The van der Waals surface area contributed by atoms with Gasteiger partial charge in [0.25, 0.3) is 0 Å². The van der Waals surface area contributed by atoms with Crippen molar-refractivity contribution in [3.8, 4) is 16.3 Å². The Morgan fingerprint density at radius 2 is 1.82 bits per heavy atom. The van der Waals surface area contributed by atoms with Crippen LogP contribution in [0.3, 0.4) is 0 Å². The first-order valence-electron chi connectivity index (χ1n) is 12.7. The molecule has 2 heterocycles. The third-order valence-electron chi connectivity index (χ3n) is 6.36. The molecule has 0 aliphatic carbocycles. The van der Waals surface area contributed by atoms with Crippen LogP contribution in [0.4, 0.5) is 18.0 Å². The average Bonchev–Trinajstić information content (AvgIpc) is 3.25. The van der Waals surface area contributed by atoms with E-state index in [-0.39, 0.29) is 12.7 Å². The second-order valence-electron chi connectivity index (χ2n) is 10.4. The van der Waals surface area contributed by atoms with Crippen molar-refractivity contribution < 1.29 is 32.2 Å². The first-order valence-corrected chi connectivity index (χ1v) is 13.5. The molecular formula is C29H31F3N2O4S. The average molecular weight is 561 g/mol. The van der Waals surface area contributed by atoms with Gasteiger partial charge in [0.1, 0.15) is 29.3 Å². The molecule has 0 unspecified atom stereocenters. The number of ether oxygens (including phenoxy) is 2. The number of rotatable bonds is 7. The van der Waals surface area contributed by atoms with Crippen LogP contribution in [-0.4, -0.2) is 34.4 Å². The topological polar surface area (TPSA) is 68.7 Å². The van der Waals surface area contributed by atoms with E-state index in [2.05, 4.69) is 4.98 Å². The first kappa shape index (κ1) is 28.6. The Bertz CT molecular complexity index is 1340. The maximum absolute atomic E-state index is 12.9. The van der Waals surface area contributed by atoms with Gasteiger partial charge < -0.3 is 19.2 Å².